The summed E-state index contributed by atoms with van der Waals surface area (Å²) in [4.78, 5) is 16.8. The monoisotopic (exact) mass is 437 g/mol. The van der Waals surface area contributed by atoms with E-state index in [1.54, 1.807) is 36.4 Å². The molecule has 31 heavy (non-hydrogen) atoms. The number of piperazine rings is 1. The molecule has 4 rings (SSSR count). The highest BCUT2D eigenvalue weighted by atomic mass is 35.5. The van der Waals surface area contributed by atoms with Gasteiger partial charge in [0.2, 0.25) is 5.91 Å². The van der Waals surface area contributed by atoms with Gasteiger partial charge in [0.25, 0.3) is 0 Å². The van der Waals surface area contributed by atoms with E-state index in [0.29, 0.717) is 23.1 Å². The molecule has 1 heterocycles. The first-order chi connectivity index (χ1) is 15.1. The van der Waals surface area contributed by atoms with Crippen LogP contribution in [0.15, 0.2) is 72.8 Å². The minimum Gasteiger partial charge on any atom is -0.508 e. The van der Waals surface area contributed by atoms with Crippen LogP contribution in [0.1, 0.15) is 0 Å². The van der Waals surface area contributed by atoms with Crippen molar-refractivity contribution in [3.05, 3.63) is 77.8 Å². The standard InChI is InChI=1S/C24H24ClN3O3/c25-22-3-1-2-4-23(22)31-21-11-5-18(6-12-21)26-24(30)17-27-13-15-28(16-14-27)19-7-9-20(29)10-8-19/h1-12,29H,13-17H2,(H,26,30). The summed E-state index contributed by atoms with van der Waals surface area (Å²) in [5.41, 5.74) is 1.81. The molecular formula is C24H24ClN3O3. The number of ether oxygens (including phenoxy) is 1. The third kappa shape index (κ3) is 5.69. The van der Waals surface area contributed by atoms with Gasteiger partial charge in [0, 0.05) is 37.6 Å². The Balaban J connectivity index is 1.24. The van der Waals surface area contributed by atoms with E-state index in [0.717, 1.165) is 37.6 Å². The first-order valence-corrected chi connectivity index (χ1v) is 10.5. The predicted molar refractivity (Wildman–Crippen MR) is 123 cm³/mol. The number of benzene rings is 3. The molecule has 6 nitrogen and oxygen atoms in total. The Bertz CT molecular complexity index is 1020. The molecular weight excluding hydrogens is 414 g/mol. The number of nitrogens with one attached hydrogen (secondary N) is 1. The van der Waals surface area contributed by atoms with Gasteiger partial charge in [0.05, 0.1) is 11.6 Å². The van der Waals surface area contributed by atoms with Crippen LogP contribution in [-0.4, -0.2) is 48.6 Å². The van der Waals surface area contributed by atoms with E-state index >= 15 is 0 Å². The highest BCUT2D eigenvalue weighted by Gasteiger charge is 2.19. The number of halogens is 1. The van der Waals surface area contributed by atoms with Crippen LogP contribution in [0.5, 0.6) is 17.2 Å². The van der Waals surface area contributed by atoms with Crippen LogP contribution < -0.4 is 15.0 Å². The van der Waals surface area contributed by atoms with E-state index in [2.05, 4.69) is 15.1 Å². The quantitative estimate of drug-likeness (QED) is 0.590. The molecule has 1 aliphatic rings. The fraction of sp³-hybridized carbons (Fsp3) is 0.208. The number of anilines is 2. The fourth-order valence-corrected chi connectivity index (χ4v) is 3.67. The Hall–Kier alpha value is -3.22. The second-order valence-corrected chi connectivity index (χ2v) is 7.79. The molecule has 3 aromatic rings. The summed E-state index contributed by atoms with van der Waals surface area (Å²) in [6, 6.07) is 21.7. The maximum absolute atomic E-state index is 12.4. The van der Waals surface area contributed by atoms with E-state index in [-0.39, 0.29) is 11.7 Å². The molecule has 0 atom stereocenters. The number of hydrogen-bond donors (Lipinski definition) is 2. The van der Waals surface area contributed by atoms with Crippen LogP contribution in [0.25, 0.3) is 0 Å². The van der Waals surface area contributed by atoms with Gasteiger partial charge >= 0.3 is 0 Å². The number of hydrogen-bond acceptors (Lipinski definition) is 5. The Morgan fingerprint density at radius 1 is 0.935 bits per heavy atom. The van der Waals surface area contributed by atoms with Crippen LogP contribution in [0.4, 0.5) is 11.4 Å². The first kappa shape index (κ1) is 21.0. The van der Waals surface area contributed by atoms with Gasteiger partial charge in [-0.2, -0.15) is 0 Å². The van der Waals surface area contributed by atoms with Crippen molar-refractivity contribution in [1.82, 2.24) is 4.90 Å². The van der Waals surface area contributed by atoms with Gasteiger partial charge in [-0.3, -0.25) is 9.69 Å². The van der Waals surface area contributed by atoms with Crippen molar-refractivity contribution in [2.75, 3.05) is 42.9 Å². The second-order valence-electron chi connectivity index (χ2n) is 7.38. The van der Waals surface area contributed by atoms with Crippen LogP contribution in [0, 0.1) is 0 Å². The molecule has 0 spiro atoms. The third-order valence-corrected chi connectivity index (χ3v) is 5.47. The summed E-state index contributed by atoms with van der Waals surface area (Å²) in [7, 11) is 0. The Labute approximate surface area is 186 Å². The molecule has 0 aromatic heterocycles. The van der Waals surface area contributed by atoms with Gasteiger partial charge in [-0.15, -0.1) is 0 Å². The molecule has 3 aromatic carbocycles. The summed E-state index contributed by atoms with van der Waals surface area (Å²) in [6.45, 7) is 3.64. The van der Waals surface area contributed by atoms with Crippen molar-refractivity contribution in [2.45, 2.75) is 0 Å². The van der Waals surface area contributed by atoms with E-state index < -0.39 is 0 Å². The molecule has 0 radical (unpaired) electrons. The minimum absolute atomic E-state index is 0.0437. The van der Waals surface area contributed by atoms with Crippen molar-refractivity contribution in [1.29, 1.82) is 0 Å². The van der Waals surface area contributed by atoms with Crippen LogP contribution in [0.2, 0.25) is 5.02 Å². The van der Waals surface area contributed by atoms with Gasteiger partial charge in [0.1, 0.15) is 17.2 Å². The first-order valence-electron chi connectivity index (χ1n) is 10.2. The van der Waals surface area contributed by atoms with Crippen molar-refractivity contribution >= 4 is 28.9 Å². The summed E-state index contributed by atoms with van der Waals surface area (Å²) in [5.74, 6) is 1.46. The van der Waals surface area contributed by atoms with Crippen molar-refractivity contribution in [3.63, 3.8) is 0 Å². The number of carbonyl (C=O) groups is 1. The number of rotatable bonds is 6. The Morgan fingerprint density at radius 2 is 1.61 bits per heavy atom. The lowest BCUT2D eigenvalue weighted by Crippen LogP contribution is -2.48. The average molecular weight is 438 g/mol. The molecule has 1 amide bonds. The predicted octanol–water partition coefficient (Wildman–Crippen LogP) is 4.60. The zero-order valence-electron chi connectivity index (χ0n) is 17.0. The normalized spacial score (nSPS) is 14.3. The number of amides is 1. The SMILES string of the molecule is O=C(CN1CCN(c2ccc(O)cc2)CC1)Nc1ccc(Oc2ccccc2Cl)cc1. The molecule has 2 N–H and O–H groups in total. The minimum atomic E-state index is -0.0437. The second kappa shape index (κ2) is 9.73. The molecule has 7 heteroatoms. The van der Waals surface area contributed by atoms with Gasteiger partial charge in [-0.25, -0.2) is 0 Å². The largest absolute Gasteiger partial charge is 0.508 e. The maximum Gasteiger partial charge on any atom is 0.238 e. The van der Waals surface area contributed by atoms with E-state index in [9.17, 15) is 9.90 Å². The molecule has 160 valence electrons. The third-order valence-electron chi connectivity index (χ3n) is 5.16. The van der Waals surface area contributed by atoms with E-state index in [4.69, 9.17) is 16.3 Å². The average Bonchev–Trinajstić information content (AvgIpc) is 2.78. The lowest BCUT2D eigenvalue weighted by Gasteiger charge is -2.35. The summed E-state index contributed by atoms with van der Waals surface area (Å²) >= 11 is 6.12. The van der Waals surface area contributed by atoms with Gasteiger partial charge in [0.15, 0.2) is 0 Å². The Kier molecular flexibility index (Phi) is 6.60. The van der Waals surface area contributed by atoms with Crippen LogP contribution >= 0.6 is 11.6 Å². The van der Waals surface area contributed by atoms with E-state index in [1.807, 2.05) is 36.4 Å². The molecule has 0 aliphatic carbocycles. The maximum atomic E-state index is 12.4. The van der Waals surface area contributed by atoms with Crippen LogP contribution in [0.3, 0.4) is 0 Å². The fourth-order valence-electron chi connectivity index (χ4n) is 3.49. The molecule has 0 bridgehead atoms. The highest BCUT2D eigenvalue weighted by Crippen LogP contribution is 2.29. The lowest BCUT2D eigenvalue weighted by atomic mass is 10.2. The molecule has 1 aliphatic heterocycles. The number of phenolic OH excluding ortho intramolecular Hbond substituents is 1. The van der Waals surface area contributed by atoms with Crippen LogP contribution in [-0.2, 0) is 4.79 Å². The van der Waals surface area contributed by atoms with Gasteiger partial charge in [-0.05, 0) is 60.7 Å². The summed E-state index contributed by atoms with van der Waals surface area (Å²) in [6.07, 6.45) is 0. The number of para-hydroxylation sites is 1. The zero-order chi connectivity index (χ0) is 21.6. The summed E-state index contributed by atoms with van der Waals surface area (Å²) in [5, 5.41) is 12.9. The topological polar surface area (TPSA) is 65.0 Å². The smallest absolute Gasteiger partial charge is 0.238 e. The van der Waals surface area contributed by atoms with Gasteiger partial charge in [-0.1, -0.05) is 23.7 Å². The molecule has 1 fully saturated rings. The summed E-state index contributed by atoms with van der Waals surface area (Å²) < 4.78 is 5.77. The van der Waals surface area contributed by atoms with E-state index in [1.165, 1.54) is 0 Å². The molecule has 1 saturated heterocycles. The number of nitrogens with zero attached hydrogens (tertiary/aromatic N) is 2. The Morgan fingerprint density at radius 3 is 2.29 bits per heavy atom. The van der Waals surface area contributed by atoms with Gasteiger partial charge < -0.3 is 20.1 Å². The van der Waals surface area contributed by atoms with Crippen molar-refractivity contribution < 1.29 is 14.6 Å². The molecule has 0 unspecified atom stereocenters. The number of carbonyl (C=O) groups excluding carboxylic acids is 1. The van der Waals surface area contributed by atoms with Crippen molar-refractivity contribution in [2.24, 2.45) is 0 Å². The lowest BCUT2D eigenvalue weighted by molar-refractivity contribution is -0.117. The molecule has 0 saturated carbocycles. The highest BCUT2D eigenvalue weighted by molar-refractivity contribution is 6.32. The zero-order valence-corrected chi connectivity index (χ0v) is 17.8. The number of phenols is 1. The number of aromatic hydroxyl groups is 1. The van der Waals surface area contributed by atoms with Crippen molar-refractivity contribution in [3.8, 4) is 17.2 Å².